The van der Waals surface area contributed by atoms with Crippen LogP contribution in [0.25, 0.3) is 44.2 Å². The Bertz CT molecular complexity index is 1440. The highest BCUT2D eigenvalue weighted by Crippen LogP contribution is 2.51. The van der Waals surface area contributed by atoms with Crippen LogP contribution in [0.5, 0.6) is 0 Å². The zero-order valence-electron chi connectivity index (χ0n) is 17.6. The van der Waals surface area contributed by atoms with E-state index in [4.69, 9.17) is 4.98 Å². The van der Waals surface area contributed by atoms with Crippen molar-refractivity contribution in [2.24, 2.45) is 0 Å². The molecule has 0 saturated carbocycles. The fourth-order valence-corrected chi connectivity index (χ4v) is 5.26. The summed E-state index contributed by atoms with van der Waals surface area (Å²) in [5.74, 6) is 0. The predicted octanol–water partition coefficient (Wildman–Crippen LogP) is 7.18. The number of fused-ring (bicyclic) bond motifs is 6. The number of aryl methyl sites for hydroxylation is 1. The fraction of sp³-hybridized carbons (Fsp3) is 0.179. The summed E-state index contributed by atoms with van der Waals surface area (Å²) in [6, 6.07) is 26.4. The van der Waals surface area contributed by atoms with E-state index in [1.54, 1.807) is 0 Å². The lowest BCUT2D eigenvalue weighted by molar-refractivity contribution is 0.657. The van der Waals surface area contributed by atoms with Gasteiger partial charge in [-0.15, -0.1) is 0 Å². The van der Waals surface area contributed by atoms with Crippen molar-refractivity contribution in [3.63, 3.8) is 0 Å². The quantitative estimate of drug-likeness (QED) is 0.313. The fourth-order valence-electron chi connectivity index (χ4n) is 5.26. The van der Waals surface area contributed by atoms with Gasteiger partial charge in [-0.05, 0) is 53.4 Å². The highest BCUT2D eigenvalue weighted by molar-refractivity contribution is 6.10. The van der Waals surface area contributed by atoms with Crippen LogP contribution in [0.2, 0.25) is 0 Å². The maximum atomic E-state index is 4.83. The van der Waals surface area contributed by atoms with Gasteiger partial charge in [0.15, 0.2) is 0 Å². The molecule has 30 heavy (non-hydrogen) atoms. The number of benzene rings is 3. The number of pyridine rings is 1. The Hall–Kier alpha value is -3.39. The van der Waals surface area contributed by atoms with Crippen LogP contribution in [0, 0.1) is 0 Å². The molecule has 5 aromatic rings. The van der Waals surface area contributed by atoms with Crippen LogP contribution in [0.4, 0.5) is 0 Å². The molecule has 1 aliphatic rings. The third kappa shape index (κ3) is 2.22. The molecule has 0 fully saturated rings. The lowest BCUT2D eigenvalue weighted by Crippen LogP contribution is -2.15. The van der Waals surface area contributed by atoms with Crippen molar-refractivity contribution in [2.45, 2.75) is 32.7 Å². The van der Waals surface area contributed by atoms with Gasteiger partial charge in [0.2, 0.25) is 0 Å². The van der Waals surface area contributed by atoms with E-state index >= 15 is 0 Å². The molecule has 0 bridgehead atoms. The molecule has 2 nitrogen and oxygen atoms in total. The molecular weight excluding hydrogens is 364 g/mol. The Kier molecular flexibility index (Phi) is 3.53. The van der Waals surface area contributed by atoms with E-state index in [9.17, 15) is 0 Å². The summed E-state index contributed by atoms with van der Waals surface area (Å²) in [6.07, 6.45) is 2.09. The Morgan fingerprint density at radius 1 is 0.767 bits per heavy atom. The molecule has 2 heteroatoms. The van der Waals surface area contributed by atoms with E-state index in [1.165, 1.54) is 44.1 Å². The standard InChI is InChI=1S/C28H24N2/c1-4-30-26-13-9-8-12-19(26)22-14-20-21-15-25(18-10-6-5-7-11-18)29-17-24(21)28(2,3)23(20)16-27(22)30/h5-17H,4H2,1-3H3. The van der Waals surface area contributed by atoms with Gasteiger partial charge in [0, 0.05) is 45.5 Å². The van der Waals surface area contributed by atoms with Crippen molar-refractivity contribution in [3.05, 3.63) is 90.1 Å². The third-order valence-electron chi connectivity index (χ3n) is 6.84. The molecule has 0 aliphatic heterocycles. The third-order valence-corrected chi connectivity index (χ3v) is 6.84. The number of hydrogen-bond donors (Lipinski definition) is 0. The lowest BCUT2D eigenvalue weighted by Gasteiger charge is -2.21. The second-order valence-corrected chi connectivity index (χ2v) is 8.78. The van der Waals surface area contributed by atoms with E-state index in [1.807, 2.05) is 0 Å². The van der Waals surface area contributed by atoms with Gasteiger partial charge in [-0.3, -0.25) is 4.98 Å². The molecule has 6 rings (SSSR count). The van der Waals surface area contributed by atoms with Crippen molar-refractivity contribution in [2.75, 3.05) is 0 Å². The lowest BCUT2D eigenvalue weighted by atomic mass is 9.83. The van der Waals surface area contributed by atoms with Gasteiger partial charge in [0.1, 0.15) is 0 Å². The van der Waals surface area contributed by atoms with Gasteiger partial charge in [-0.25, -0.2) is 0 Å². The predicted molar refractivity (Wildman–Crippen MR) is 126 cm³/mol. The van der Waals surface area contributed by atoms with Crippen LogP contribution in [0.1, 0.15) is 31.9 Å². The zero-order valence-corrected chi connectivity index (χ0v) is 17.6. The van der Waals surface area contributed by atoms with Crippen LogP contribution in [0.15, 0.2) is 79.0 Å². The Labute approximate surface area is 176 Å². The molecule has 2 aromatic heterocycles. The van der Waals surface area contributed by atoms with Gasteiger partial charge >= 0.3 is 0 Å². The summed E-state index contributed by atoms with van der Waals surface area (Å²) >= 11 is 0. The van der Waals surface area contributed by atoms with Gasteiger partial charge in [-0.2, -0.15) is 0 Å². The molecule has 0 radical (unpaired) electrons. The molecule has 0 spiro atoms. The van der Waals surface area contributed by atoms with E-state index < -0.39 is 0 Å². The highest BCUT2D eigenvalue weighted by Gasteiger charge is 2.37. The van der Waals surface area contributed by atoms with Gasteiger partial charge in [-0.1, -0.05) is 62.4 Å². The first-order valence-electron chi connectivity index (χ1n) is 10.7. The molecular formula is C28H24N2. The van der Waals surface area contributed by atoms with Crippen LogP contribution in [0.3, 0.4) is 0 Å². The number of hydrogen-bond acceptors (Lipinski definition) is 1. The molecule has 0 N–H and O–H groups in total. The van der Waals surface area contributed by atoms with Crippen molar-refractivity contribution < 1.29 is 0 Å². The Balaban J connectivity index is 1.68. The molecule has 3 aromatic carbocycles. The zero-order chi connectivity index (χ0) is 20.5. The molecule has 2 heterocycles. The minimum absolute atomic E-state index is 0.0594. The summed E-state index contributed by atoms with van der Waals surface area (Å²) in [5.41, 5.74) is 10.2. The molecule has 0 amide bonds. The average molecular weight is 389 g/mol. The first kappa shape index (κ1) is 17.5. The highest BCUT2D eigenvalue weighted by atomic mass is 15.0. The SMILES string of the molecule is CCn1c2ccccc2c2cc3c(cc21)C(C)(C)c1cnc(-c2ccccc2)cc1-3. The van der Waals surface area contributed by atoms with Gasteiger partial charge in [0.05, 0.1) is 5.69 Å². The number of aromatic nitrogens is 2. The first-order valence-corrected chi connectivity index (χ1v) is 10.7. The monoisotopic (exact) mass is 388 g/mol. The molecule has 146 valence electrons. The van der Waals surface area contributed by atoms with Crippen LogP contribution in [-0.4, -0.2) is 9.55 Å². The minimum Gasteiger partial charge on any atom is -0.341 e. The largest absolute Gasteiger partial charge is 0.341 e. The van der Waals surface area contributed by atoms with Crippen LogP contribution in [-0.2, 0) is 12.0 Å². The summed E-state index contributed by atoms with van der Waals surface area (Å²) < 4.78 is 2.44. The van der Waals surface area contributed by atoms with Crippen LogP contribution >= 0.6 is 0 Å². The summed E-state index contributed by atoms with van der Waals surface area (Å²) in [7, 11) is 0. The maximum Gasteiger partial charge on any atom is 0.0708 e. The van der Waals surface area contributed by atoms with Gasteiger partial charge in [0.25, 0.3) is 0 Å². The van der Waals surface area contributed by atoms with Crippen molar-refractivity contribution >= 4 is 21.8 Å². The first-order chi connectivity index (χ1) is 14.6. The van der Waals surface area contributed by atoms with Gasteiger partial charge < -0.3 is 4.57 Å². The van der Waals surface area contributed by atoms with E-state index in [2.05, 4.69) is 104 Å². The second-order valence-electron chi connectivity index (χ2n) is 8.78. The number of rotatable bonds is 2. The minimum atomic E-state index is -0.0594. The van der Waals surface area contributed by atoms with Crippen LogP contribution < -0.4 is 0 Å². The summed E-state index contributed by atoms with van der Waals surface area (Å²) in [4.78, 5) is 4.83. The summed E-state index contributed by atoms with van der Waals surface area (Å²) in [5, 5.41) is 2.67. The van der Waals surface area contributed by atoms with E-state index in [0.717, 1.165) is 17.8 Å². The molecule has 0 atom stereocenters. The van der Waals surface area contributed by atoms with E-state index in [-0.39, 0.29) is 5.41 Å². The molecule has 1 aliphatic carbocycles. The second kappa shape index (κ2) is 6.06. The van der Waals surface area contributed by atoms with Crippen molar-refractivity contribution in [1.29, 1.82) is 0 Å². The Morgan fingerprint density at radius 2 is 1.50 bits per heavy atom. The van der Waals surface area contributed by atoms with Crippen molar-refractivity contribution in [3.8, 4) is 22.4 Å². The smallest absolute Gasteiger partial charge is 0.0708 e. The van der Waals surface area contributed by atoms with E-state index in [0.29, 0.717) is 0 Å². The summed E-state index contributed by atoms with van der Waals surface area (Å²) in [6.45, 7) is 7.85. The normalized spacial score (nSPS) is 14.2. The molecule has 0 saturated heterocycles. The van der Waals surface area contributed by atoms with Crippen molar-refractivity contribution in [1.82, 2.24) is 9.55 Å². The molecule has 0 unspecified atom stereocenters. The Morgan fingerprint density at radius 3 is 2.30 bits per heavy atom. The maximum absolute atomic E-state index is 4.83. The number of para-hydroxylation sites is 1. The topological polar surface area (TPSA) is 17.8 Å². The number of nitrogens with zero attached hydrogens (tertiary/aromatic N) is 2. The average Bonchev–Trinajstić information content (AvgIpc) is 3.22.